The lowest BCUT2D eigenvalue weighted by molar-refractivity contribution is 0.409. The highest BCUT2D eigenvalue weighted by Crippen LogP contribution is 2.27. The molecule has 0 aliphatic carbocycles. The first-order chi connectivity index (χ1) is 7.74. The van der Waals surface area contributed by atoms with Crippen LogP contribution < -0.4 is 4.74 Å². The van der Waals surface area contributed by atoms with E-state index >= 15 is 0 Å². The number of aryl methyl sites for hydroxylation is 2. The van der Waals surface area contributed by atoms with E-state index in [1.54, 1.807) is 7.11 Å². The second-order valence-electron chi connectivity index (χ2n) is 3.71. The summed E-state index contributed by atoms with van der Waals surface area (Å²) in [6.45, 7) is 4.02. The number of ether oxygens (including phenoxy) is 1. The second-order valence-corrected chi connectivity index (χ2v) is 3.71. The average molecular weight is 217 g/mol. The molecule has 2 rings (SSSR count). The molecule has 1 aromatic carbocycles. The maximum Gasteiger partial charge on any atom is 0.167 e. The molecule has 0 atom stereocenters. The Labute approximate surface area is 95.0 Å². The zero-order valence-corrected chi connectivity index (χ0v) is 9.78. The van der Waals surface area contributed by atoms with E-state index in [1.165, 1.54) is 5.56 Å². The largest absolute Gasteiger partial charge is 0.496 e. The number of nitrogens with zero attached hydrogens (tertiary/aromatic N) is 1. The van der Waals surface area contributed by atoms with Crippen LogP contribution >= 0.6 is 0 Å². The summed E-state index contributed by atoms with van der Waals surface area (Å²) in [6.07, 6.45) is 0.935. The van der Waals surface area contributed by atoms with Crippen LogP contribution in [0.15, 0.2) is 28.8 Å². The van der Waals surface area contributed by atoms with Gasteiger partial charge < -0.3 is 9.26 Å². The van der Waals surface area contributed by atoms with Crippen molar-refractivity contribution in [3.63, 3.8) is 0 Å². The Kier molecular flexibility index (Phi) is 2.95. The van der Waals surface area contributed by atoms with Gasteiger partial charge in [0.1, 0.15) is 5.75 Å². The minimum Gasteiger partial charge on any atom is -0.496 e. The van der Waals surface area contributed by atoms with Crippen molar-refractivity contribution in [2.24, 2.45) is 0 Å². The van der Waals surface area contributed by atoms with Crippen LogP contribution in [0, 0.1) is 6.92 Å². The maximum absolute atomic E-state index is 5.29. The third-order valence-corrected chi connectivity index (χ3v) is 2.57. The molecule has 16 heavy (non-hydrogen) atoms. The number of methoxy groups -OCH3 is 1. The number of hydrogen-bond donors (Lipinski definition) is 0. The highest BCUT2D eigenvalue weighted by atomic mass is 16.5. The van der Waals surface area contributed by atoms with Crippen molar-refractivity contribution in [2.45, 2.75) is 20.3 Å². The van der Waals surface area contributed by atoms with Gasteiger partial charge in [-0.15, -0.1) is 0 Å². The quantitative estimate of drug-likeness (QED) is 0.791. The lowest BCUT2D eigenvalue weighted by Crippen LogP contribution is -1.90. The van der Waals surface area contributed by atoms with Crippen molar-refractivity contribution in [2.75, 3.05) is 7.11 Å². The summed E-state index contributed by atoms with van der Waals surface area (Å²) in [4.78, 5) is 0. The van der Waals surface area contributed by atoms with Gasteiger partial charge >= 0.3 is 0 Å². The first kappa shape index (κ1) is 10.7. The van der Waals surface area contributed by atoms with E-state index < -0.39 is 0 Å². The Hall–Kier alpha value is -1.77. The van der Waals surface area contributed by atoms with Crippen molar-refractivity contribution in [3.05, 3.63) is 35.5 Å². The van der Waals surface area contributed by atoms with Crippen molar-refractivity contribution >= 4 is 0 Å². The van der Waals surface area contributed by atoms with Gasteiger partial charge in [0.15, 0.2) is 5.76 Å². The van der Waals surface area contributed by atoms with E-state index in [9.17, 15) is 0 Å². The lowest BCUT2D eigenvalue weighted by atomic mass is 10.1. The molecule has 0 amide bonds. The molecule has 0 bridgehead atoms. The van der Waals surface area contributed by atoms with Gasteiger partial charge in [-0.1, -0.05) is 12.1 Å². The number of benzene rings is 1. The van der Waals surface area contributed by atoms with Crippen LogP contribution in [0.1, 0.15) is 18.2 Å². The molecule has 0 spiro atoms. The fourth-order valence-corrected chi connectivity index (χ4v) is 1.71. The summed E-state index contributed by atoms with van der Waals surface area (Å²) in [7, 11) is 1.69. The number of aromatic nitrogens is 1. The SMILES string of the molecule is CCc1cc(-c2cc(C)no2)ccc1OC. The topological polar surface area (TPSA) is 35.3 Å². The van der Waals surface area contributed by atoms with Crippen LogP contribution in [0.2, 0.25) is 0 Å². The molecule has 84 valence electrons. The highest BCUT2D eigenvalue weighted by Gasteiger charge is 2.07. The Morgan fingerprint density at radius 3 is 2.69 bits per heavy atom. The summed E-state index contributed by atoms with van der Waals surface area (Å²) >= 11 is 0. The van der Waals surface area contributed by atoms with E-state index in [-0.39, 0.29) is 0 Å². The van der Waals surface area contributed by atoms with E-state index in [2.05, 4.69) is 18.1 Å². The van der Waals surface area contributed by atoms with Crippen LogP contribution in [0.5, 0.6) is 5.75 Å². The summed E-state index contributed by atoms with van der Waals surface area (Å²) in [6, 6.07) is 7.96. The fraction of sp³-hybridized carbons (Fsp3) is 0.308. The van der Waals surface area contributed by atoms with Crippen LogP contribution in [0.4, 0.5) is 0 Å². The molecule has 1 heterocycles. The Bertz CT molecular complexity index is 488. The summed E-state index contributed by atoms with van der Waals surface area (Å²) < 4.78 is 10.5. The van der Waals surface area contributed by atoms with Crippen molar-refractivity contribution in [1.29, 1.82) is 0 Å². The smallest absolute Gasteiger partial charge is 0.167 e. The van der Waals surface area contributed by atoms with E-state index in [1.807, 2.05) is 25.1 Å². The summed E-state index contributed by atoms with van der Waals surface area (Å²) in [5.41, 5.74) is 3.11. The second kappa shape index (κ2) is 4.39. The molecule has 0 radical (unpaired) electrons. The standard InChI is InChI=1S/C13H15NO2/c1-4-10-8-11(5-6-12(10)15-3)13-7-9(2)14-16-13/h5-8H,4H2,1-3H3. The molecule has 0 N–H and O–H groups in total. The molecule has 0 fully saturated rings. The molecule has 0 saturated heterocycles. The molecule has 0 saturated carbocycles. The molecule has 1 aromatic heterocycles. The number of hydrogen-bond acceptors (Lipinski definition) is 3. The van der Waals surface area contributed by atoms with Crippen LogP contribution in [-0.4, -0.2) is 12.3 Å². The molecule has 0 unspecified atom stereocenters. The van der Waals surface area contributed by atoms with Gasteiger partial charge in [0.25, 0.3) is 0 Å². The lowest BCUT2D eigenvalue weighted by Gasteiger charge is -2.07. The summed E-state index contributed by atoms with van der Waals surface area (Å²) in [5.74, 6) is 1.72. The van der Waals surface area contributed by atoms with Crippen molar-refractivity contribution in [3.8, 4) is 17.1 Å². The molecule has 3 nitrogen and oxygen atoms in total. The minimum atomic E-state index is 0.801. The summed E-state index contributed by atoms with van der Waals surface area (Å²) in [5, 5.41) is 3.88. The monoisotopic (exact) mass is 217 g/mol. The molecule has 0 aliphatic heterocycles. The Morgan fingerprint density at radius 1 is 1.31 bits per heavy atom. The van der Waals surface area contributed by atoms with Gasteiger partial charge in [-0.05, 0) is 37.1 Å². The normalized spacial score (nSPS) is 10.4. The number of rotatable bonds is 3. The van der Waals surface area contributed by atoms with E-state index in [0.29, 0.717) is 0 Å². The van der Waals surface area contributed by atoms with Gasteiger partial charge in [0.05, 0.1) is 12.8 Å². The molecular weight excluding hydrogens is 202 g/mol. The van der Waals surface area contributed by atoms with Crippen LogP contribution in [-0.2, 0) is 6.42 Å². The van der Waals surface area contributed by atoms with E-state index in [0.717, 1.165) is 29.2 Å². The van der Waals surface area contributed by atoms with Crippen LogP contribution in [0.3, 0.4) is 0 Å². The Morgan fingerprint density at radius 2 is 2.12 bits per heavy atom. The first-order valence-electron chi connectivity index (χ1n) is 5.35. The van der Waals surface area contributed by atoms with Gasteiger partial charge in [0, 0.05) is 11.6 Å². The van der Waals surface area contributed by atoms with Crippen LogP contribution in [0.25, 0.3) is 11.3 Å². The van der Waals surface area contributed by atoms with Crippen molar-refractivity contribution in [1.82, 2.24) is 5.16 Å². The third kappa shape index (κ3) is 1.94. The van der Waals surface area contributed by atoms with E-state index in [4.69, 9.17) is 9.26 Å². The Balaban J connectivity index is 2.43. The molecular formula is C13H15NO2. The zero-order valence-electron chi connectivity index (χ0n) is 9.78. The van der Waals surface area contributed by atoms with Gasteiger partial charge in [-0.3, -0.25) is 0 Å². The maximum atomic E-state index is 5.29. The predicted octanol–water partition coefficient (Wildman–Crippen LogP) is 3.22. The third-order valence-electron chi connectivity index (χ3n) is 2.57. The van der Waals surface area contributed by atoms with Gasteiger partial charge in [-0.2, -0.15) is 0 Å². The minimum absolute atomic E-state index is 0.801. The first-order valence-corrected chi connectivity index (χ1v) is 5.35. The molecule has 0 aliphatic rings. The fourth-order valence-electron chi connectivity index (χ4n) is 1.71. The predicted molar refractivity (Wildman–Crippen MR) is 62.6 cm³/mol. The van der Waals surface area contributed by atoms with Crippen molar-refractivity contribution < 1.29 is 9.26 Å². The average Bonchev–Trinajstić information content (AvgIpc) is 2.75. The highest BCUT2D eigenvalue weighted by molar-refractivity contribution is 5.60. The molecule has 3 heteroatoms. The molecule has 2 aromatic rings. The zero-order chi connectivity index (χ0) is 11.5. The van der Waals surface area contributed by atoms with Gasteiger partial charge in [-0.25, -0.2) is 0 Å². The van der Waals surface area contributed by atoms with Gasteiger partial charge in [0.2, 0.25) is 0 Å².